The van der Waals surface area contributed by atoms with Gasteiger partial charge in [-0.2, -0.15) is 0 Å². The summed E-state index contributed by atoms with van der Waals surface area (Å²) in [6.45, 7) is 2.56. The molecule has 5 nitrogen and oxygen atoms in total. The number of hydrogen-bond donors (Lipinski definition) is 2. The predicted molar refractivity (Wildman–Crippen MR) is 82.4 cm³/mol. The number of benzene rings is 1. The maximum atomic E-state index is 13.4. The number of hydrogen-bond acceptors (Lipinski definition) is 3. The number of nitrogens with zero attached hydrogens (tertiary/aromatic N) is 1. The van der Waals surface area contributed by atoms with Gasteiger partial charge in [0.1, 0.15) is 12.4 Å². The normalized spacial score (nSPS) is 21.2. The van der Waals surface area contributed by atoms with Crippen LogP contribution in [0.3, 0.4) is 0 Å². The summed E-state index contributed by atoms with van der Waals surface area (Å²) < 4.78 is 13.4. The molecule has 1 saturated heterocycles. The van der Waals surface area contributed by atoms with E-state index in [4.69, 9.17) is 5.11 Å². The summed E-state index contributed by atoms with van der Waals surface area (Å²) in [6.07, 6.45) is 0.857. The smallest absolute Gasteiger partial charge is 0.322 e. The highest BCUT2D eigenvalue weighted by molar-refractivity contribution is 5.85. The third-order valence-corrected chi connectivity index (χ3v) is 3.63. The Morgan fingerprint density at radius 1 is 1.45 bits per heavy atom. The molecule has 0 saturated carbocycles. The van der Waals surface area contributed by atoms with E-state index in [1.54, 1.807) is 6.07 Å². The van der Waals surface area contributed by atoms with Gasteiger partial charge < -0.3 is 10.4 Å². The van der Waals surface area contributed by atoms with Crippen LogP contribution in [0.15, 0.2) is 24.3 Å². The van der Waals surface area contributed by atoms with Crippen LogP contribution in [0, 0.1) is 11.7 Å². The standard InChI is InChI=1S/C15H19FN2O3.ClH/c1-10-5-13(11-3-2-4-12(16)6-11)18(8-10)9-14(19)17-7-15(20)21;/h2-4,6,10,13H,5,7-9H2,1H3,(H,17,19)(H,20,21);1H. The third-order valence-electron chi connectivity index (χ3n) is 3.63. The molecule has 2 rings (SSSR count). The maximum absolute atomic E-state index is 13.4. The molecule has 0 radical (unpaired) electrons. The van der Waals surface area contributed by atoms with Gasteiger partial charge in [-0.3, -0.25) is 14.5 Å². The highest BCUT2D eigenvalue weighted by Crippen LogP contribution is 2.34. The molecule has 0 aromatic heterocycles. The molecule has 7 heteroatoms. The van der Waals surface area contributed by atoms with Gasteiger partial charge >= 0.3 is 5.97 Å². The molecule has 1 aromatic rings. The largest absolute Gasteiger partial charge is 0.480 e. The van der Waals surface area contributed by atoms with Gasteiger partial charge in [0.15, 0.2) is 0 Å². The van der Waals surface area contributed by atoms with Crippen molar-refractivity contribution in [3.8, 4) is 0 Å². The van der Waals surface area contributed by atoms with Gasteiger partial charge in [0, 0.05) is 12.6 Å². The lowest BCUT2D eigenvalue weighted by atomic mass is 10.0. The molecule has 1 fully saturated rings. The molecule has 1 aliphatic rings. The van der Waals surface area contributed by atoms with E-state index in [9.17, 15) is 14.0 Å². The summed E-state index contributed by atoms with van der Waals surface area (Å²) in [7, 11) is 0. The molecule has 0 bridgehead atoms. The second-order valence-electron chi connectivity index (χ2n) is 5.51. The van der Waals surface area contributed by atoms with E-state index in [1.807, 2.05) is 11.0 Å². The Morgan fingerprint density at radius 3 is 2.82 bits per heavy atom. The first kappa shape index (κ1) is 18.4. The van der Waals surface area contributed by atoms with Gasteiger partial charge in [-0.1, -0.05) is 19.1 Å². The Hall–Kier alpha value is -1.66. The van der Waals surface area contributed by atoms with E-state index >= 15 is 0 Å². The number of rotatable bonds is 5. The van der Waals surface area contributed by atoms with Crippen molar-refractivity contribution in [2.75, 3.05) is 19.6 Å². The number of carboxylic acid groups (broad SMARTS) is 1. The van der Waals surface area contributed by atoms with Crippen molar-refractivity contribution in [2.45, 2.75) is 19.4 Å². The molecule has 2 N–H and O–H groups in total. The average Bonchev–Trinajstić information content (AvgIpc) is 2.77. The Labute approximate surface area is 134 Å². The van der Waals surface area contributed by atoms with Crippen LogP contribution >= 0.6 is 12.4 Å². The van der Waals surface area contributed by atoms with Gasteiger partial charge in [0.05, 0.1) is 6.54 Å². The lowest BCUT2D eigenvalue weighted by Crippen LogP contribution is -2.39. The Balaban J connectivity index is 0.00000242. The van der Waals surface area contributed by atoms with Crippen molar-refractivity contribution in [3.05, 3.63) is 35.6 Å². The fourth-order valence-electron chi connectivity index (χ4n) is 2.78. The number of carboxylic acids is 1. The number of aliphatic carboxylic acids is 1. The monoisotopic (exact) mass is 330 g/mol. The van der Waals surface area contributed by atoms with E-state index in [0.29, 0.717) is 5.92 Å². The van der Waals surface area contributed by atoms with Crippen LogP contribution in [0.25, 0.3) is 0 Å². The molecular formula is C15H20ClFN2O3. The second kappa shape index (κ2) is 8.10. The summed E-state index contributed by atoms with van der Waals surface area (Å²) in [5.41, 5.74) is 0.852. The van der Waals surface area contributed by atoms with Crippen molar-refractivity contribution in [1.29, 1.82) is 0 Å². The number of halogens is 2. The number of carbonyl (C=O) groups is 2. The van der Waals surface area contributed by atoms with E-state index in [2.05, 4.69) is 12.2 Å². The van der Waals surface area contributed by atoms with E-state index in [0.717, 1.165) is 18.5 Å². The second-order valence-corrected chi connectivity index (χ2v) is 5.51. The molecule has 122 valence electrons. The van der Waals surface area contributed by atoms with Gasteiger partial charge in [0.2, 0.25) is 5.91 Å². The molecule has 1 aliphatic heterocycles. The van der Waals surface area contributed by atoms with Crippen LogP contribution in [0.5, 0.6) is 0 Å². The van der Waals surface area contributed by atoms with Crippen molar-refractivity contribution in [3.63, 3.8) is 0 Å². The fourth-order valence-corrected chi connectivity index (χ4v) is 2.78. The Kier molecular flexibility index (Phi) is 6.77. The van der Waals surface area contributed by atoms with E-state index < -0.39 is 5.97 Å². The highest BCUT2D eigenvalue weighted by Gasteiger charge is 2.32. The lowest BCUT2D eigenvalue weighted by molar-refractivity contribution is -0.138. The zero-order valence-electron chi connectivity index (χ0n) is 12.3. The van der Waals surface area contributed by atoms with Gasteiger partial charge in [0.25, 0.3) is 0 Å². The number of nitrogens with one attached hydrogen (secondary N) is 1. The molecule has 1 heterocycles. The summed E-state index contributed by atoms with van der Waals surface area (Å²) in [4.78, 5) is 24.2. The summed E-state index contributed by atoms with van der Waals surface area (Å²) in [5.74, 6) is -1.28. The summed E-state index contributed by atoms with van der Waals surface area (Å²) >= 11 is 0. The van der Waals surface area contributed by atoms with E-state index in [-0.39, 0.29) is 43.3 Å². The van der Waals surface area contributed by atoms with Gasteiger partial charge in [-0.15, -0.1) is 12.4 Å². The van der Waals surface area contributed by atoms with Crippen LogP contribution in [-0.4, -0.2) is 41.5 Å². The highest BCUT2D eigenvalue weighted by atomic mass is 35.5. The average molecular weight is 331 g/mol. The molecular weight excluding hydrogens is 311 g/mol. The maximum Gasteiger partial charge on any atom is 0.322 e. The lowest BCUT2D eigenvalue weighted by Gasteiger charge is -2.24. The van der Waals surface area contributed by atoms with Gasteiger partial charge in [-0.25, -0.2) is 4.39 Å². The fraction of sp³-hybridized carbons (Fsp3) is 0.467. The SMILES string of the molecule is CC1CC(c2cccc(F)c2)N(CC(=O)NCC(=O)O)C1.Cl. The Bertz CT molecular complexity index is 541. The molecule has 2 unspecified atom stereocenters. The van der Waals surface area contributed by atoms with E-state index in [1.165, 1.54) is 12.1 Å². The quantitative estimate of drug-likeness (QED) is 0.864. The number of carbonyl (C=O) groups excluding carboxylic acids is 1. The minimum absolute atomic E-state index is 0. The minimum atomic E-state index is -1.07. The third kappa shape index (κ3) is 4.96. The van der Waals surface area contributed by atoms with Gasteiger partial charge in [-0.05, 0) is 30.0 Å². The summed E-state index contributed by atoms with van der Waals surface area (Å²) in [5, 5.41) is 10.9. The van der Waals surface area contributed by atoms with Crippen LogP contribution in [0.2, 0.25) is 0 Å². The zero-order chi connectivity index (χ0) is 15.4. The van der Waals surface area contributed by atoms with Crippen LogP contribution in [0.1, 0.15) is 24.9 Å². The van der Waals surface area contributed by atoms with Crippen molar-refractivity contribution in [1.82, 2.24) is 10.2 Å². The Morgan fingerprint density at radius 2 is 2.18 bits per heavy atom. The molecule has 1 amide bonds. The molecule has 1 aromatic carbocycles. The van der Waals surface area contributed by atoms with Crippen molar-refractivity contribution in [2.24, 2.45) is 5.92 Å². The minimum Gasteiger partial charge on any atom is -0.480 e. The topological polar surface area (TPSA) is 69.6 Å². The zero-order valence-corrected chi connectivity index (χ0v) is 13.1. The van der Waals surface area contributed by atoms with Crippen LogP contribution in [-0.2, 0) is 9.59 Å². The molecule has 0 spiro atoms. The predicted octanol–water partition coefficient (Wildman–Crippen LogP) is 1.83. The molecule has 2 atom stereocenters. The van der Waals surface area contributed by atoms with Crippen LogP contribution < -0.4 is 5.32 Å². The van der Waals surface area contributed by atoms with Crippen LogP contribution in [0.4, 0.5) is 4.39 Å². The van der Waals surface area contributed by atoms with Crippen molar-refractivity contribution < 1.29 is 19.1 Å². The van der Waals surface area contributed by atoms with Crippen molar-refractivity contribution >= 4 is 24.3 Å². The molecule has 0 aliphatic carbocycles. The summed E-state index contributed by atoms with van der Waals surface area (Å²) in [6, 6.07) is 6.40. The number of likely N-dealkylation sites (tertiary alicyclic amines) is 1. The first-order valence-corrected chi connectivity index (χ1v) is 6.93. The first-order chi connectivity index (χ1) is 9.95. The first-order valence-electron chi connectivity index (χ1n) is 6.93. The molecule has 22 heavy (non-hydrogen) atoms. The number of amides is 1.